The second-order valence-corrected chi connectivity index (χ2v) is 2.26. The van der Waals surface area contributed by atoms with E-state index in [-0.39, 0.29) is 6.61 Å². The quantitative estimate of drug-likeness (QED) is 0.493. The Morgan fingerprint density at radius 3 is 2.64 bits per heavy atom. The largest absolute Gasteiger partial charge is 0.465 e. The standard InChI is InChI=1S/C6H14N2O3/c1-8(4-5-9)3-2-7-6(10)11/h7,9H,2-5H2,1H3,(H,10,11). The zero-order chi connectivity index (χ0) is 8.69. The lowest BCUT2D eigenvalue weighted by molar-refractivity contribution is 0.189. The van der Waals surface area contributed by atoms with E-state index in [1.165, 1.54) is 0 Å². The molecule has 0 aliphatic heterocycles. The number of nitrogens with zero attached hydrogens (tertiary/aromatic N) is 1. The monoisotopic (exact) mass is 162 g/mol. The van der Waals surface area contributed by atoms with Crippen LogP contribution in [0.4, 0.5) is 4.79 Å². The van der Waals surface area contributed by atoms with Gasteiger partial charge in [-0.2, -0.15) is 0 Å². The molecule has 11 heavy (non-hydrogen) atoms. The first-order chi connectivity index (χ1) is 5.16. The van der Waals surface area contributed by atoms with E-state index in [1.807, 2.05) is 11.9 Å². The summed E-state index contributed by atoms with van der Waals surface area (Å²) in [5.74, 6) is 0. The number of hydrogen-bond donors (Lipinski definition) is 3. The molecule has 0 aromatic rings. The Morgan fingerprint density at radius 1 is 1.55 bits per heavy atom. The van der Waals surface area contributed by atoms with Crippen molar-refractivity contribution in [3.8, 4) is 0 Å². The van der Waals surface area contributed by atoms with E-state index in [4.69, 9.17) is 10.2 Å². The van der Waals surface area contributed by atoms with Gasteiger partial charge in [0.15, 0.2) is 0 Å². The zero-order valence-electron chi connectivity index (χ0n) is 6.58. The molecule has 0 atom stereocenters. The number of likely N-dealkylation sites (N-methyl/N-ethyl adjacent to an activating group) is 1. The minimum atomic E-state index is -1.01. The Bertz CT molecular complexity index is 118. The molecular weight excluding hydrogens is 148 g/mol. The predicted molar refractivity (Wildman–Crippen MR) is 40.6 cm³/mol. The molecule has 0 spiro atoms. The summed E-state index contributed by atoms with van der Waals surface area (Å²) < 4.78 is 0. The van der Waals surface area contributed by atoms with Gasteiger partial charge in [-0.05, 0) is 7.05 Å². The maximum atomic E-state index is 9.96. The Labute approximate surface area is 65.6 Å². The normalized spacial score (nSPS) is 10.1. The average Bonchev–Trinajstić information content (AvgIpc) is 1.87. The van der Waals surface area contributed by atoms with Crippen LogP contribution in [0.1, 0.15) is 0 Å². The summed E-state index contributed by atoms with van der Waals surface area (Å²) in [5, 5.41) is 18.9. The third-order valence-electron chi connectivity index (χ3n) is 1.25. The highest BCUT2D eigenvalue weighted by atomic mass is 16.4. The van der Waals surface area contributed by atoms with Gasteiger partial charge in [-0.15, -0.1) is 0 Å². The Hall–Kier alpha value is -0.810. The molecule has 1 amide bonds. The third kappa shape index (κ3) is 7.08. The maximum Gasteiger partial charge on any atom is 0.404 e. The third-order valence-corrected chi connectivity index (χ3v) is 1.25. The molecule has 0 radical (unpaired) electrons. The molecular formula is C6H14N2O3. The SMILES string of the molecule is CN(CCO)CCNC(=O)O. The molecule has 5 nitrogen and oxygen atoms in total. The summed E-state index contributed by atoms with van der Waals surface area (Å²) in [6.45, 7) is 1.68. The fourth-order valence-corrected chi connectivity index (χ4v) is 0.636. The second-order valence-electron chi connectivity index (χ2n) is 2.26. The average molecular weight is 162 g/mol. The van der Waals surface area contributed by atoms with E-state index in [9.17, 15) is 4.79 Å². The number of nitrogens with one attached hydrogen (secondary N) is 1. The number of carbonyl (C=O) groups is 1. The van der Waals surface area contributed by atoms with Gasteiger partial charge in [0.2, 0.25) is 0 Å². The number of aliphatic hydroxyl groups excluding tert-OH is 1. The highest BCUT2D eigenvalue weighted by Crippen LogP contribution is 1.77. The lowest BCUT2D eigenvalue weighted by atomic mass is 10.5. The molecule has 0 bridgehead atoms. The van der Waals surface area contributed by atoms with E-state index in [0.717, 1.165) is 0 Å². The van der Waals surface area contributed by atoms with Gasteiger partial charge in [0.25, 0.3) is 0 Å². The number of aliphatic hydroxyl groups is 1. The van der Waals surface area contributed by atoms with E-state index in [1.54, 1.807) is 0 Å². The van der Waals surface area contributed by atoms with E-state index in [0.29, 0.717) is 19.6 Å². The van der Waals surface area contributed by atoms with Gasteiger partial charge in [0.05, 0.1) is 6.61 Å². The molecule has 0 fully saturated rings. The van der Waals surface area contributed by atoms with Crippen molar-refractivity contribution in [2.45, 2.75) is 0 Å². The molecule has 66 valence electrons. The van der Waals surface area contributed by atoms with Gasteiger partial charge in [0.1, 0.15) is 0 Å². The summed E-state index contributed by atoms with van der Waals surface area (Å²) in [7, 11) is 1.82. The summed E-state index contributed by atoms with van der Waals surface area (Å²) in [6.07, 6.45) is -1.01. The fourth-order valence-electron chi connectivity index (χ4n) is 0.636. The van der Waals surface area contributed by atoms with Crippen molar-refractivity contribution in [2.24, 2.45) is 0 Å². The van der Waals surface area contributed by atoms with Gasteiger partial charge < -0.3 is 20.4 Å². The molecule has 3 N–H and O–H groups in total. The number of rotatable bonds is 5. The van der Waals surface area contributed by atoms with Crippen LogP contribution in [0.15, 0.2) is 0 Å². The minimum Gasteiger partial charge on any atom is -0.465 e. The van der Waals surface area contributed by atoms with Crippen LogP contribution in [0.5, 0.6) is 0 Å². The van der Waals surface area contributed by atoms with Crippen molar-refractivity contribution in [2.75, 3.05) is 33.3 Å². The van der Waals surface area contributed by atoms with E-state index in [2.05, 4.69) is 5.32 Å². The molecule has 0 unspecified atom stereocenters. The molecule has 0 heterocycles. The van der Waals surface area contributed by atoms with Gasteiger partial charge in [-0.3, -0.25) is 0 Å². The van der Waals surface area contributed by atoms with Gasteiger partial charge in [-0.1, -0.05) is 0 Å². The van der Waals surface area contributed by atoms with Crippen LogP contribution in [0.2, 0.25) is 0 Å². The van der Waals surface area contributed by atoms with Gasteiger partial charge in [-0.25, -0.2) is 4.79 Å². The van der Waals surface area contributed by atoms with Crippen LogP contribution in [-0.4, -0.2) is 54.5 Å². The summed E-state index contributed by atoms with van der Waals surface area (Å²) in [4.78, 5) is 11.8. The van der Waals surface area contributed by atoms with Crippen molar-refractivity contribution in [3.05, 3.63) is 0 Å². The highest BCUT2D eigenvalue weighted by Gasteiger charge is 1.97. The fraction of sp³-hybridized carbons (Fsp3) is 0.833. The first-order valence-electron chi connectivity index (χ1n) is 3.43. The van der Waals surface area contributed by atoms with Crippen LogP contribution in [0, 0.1) is 0 Å². The maximum absolute atomic E-state index is 9.96. The smallest absolute Gasteiger partial charge is 0.404 e. The summed E-state index contributed by atoms with van der Waals surface area (Å²) in [6, 6.07) is 0. The molecule has 0 aliphatic carbocycles. The van der Waals surface area contributed by atoms with Crippen LogP contribution in [0.25, 0.3) is 0 Å². The Kier molecular flexibility index (Phi) is 5.50. The molecule has 0 aromatic heterocycles. The predicted octanol–water partition coefficient (Wildman–Crippen LogP) is -0.822. The first kappa shape index (κ1) is 10.2. The van der Waals surface area contributed by atoms with Crippen molar-refractivity contribution in [3.63, 3.8) is 0 Å². The highest BCUT2D eigenvalue weighted by molar-refractivity contribution is 5.64. The second kappa shape index (κ2) is 5.94. The Morgan fingerprint density at radius 2 is 2.18 bits per heavy atom. The van der Waals surface area contributed by atoms with Crippen LogP contribution >= 0.6 is 0 Å². The zero-order valence-corrected chi connectivity index (χ0v) is 6.58. The first-order valence-corrected chi connectivity index (χ1v) is 3.43. The van der Waals surface area contributed by atoms with Crippen molar-refractivity contribution in [1.82, 2.24) is 10.2 Å². The van der Waals surface area contributed by atoms with Crippen molar-refractivity contribution < 1.29 is 15.0 Å². The Balaban J connectivity index is 3.16. The van der Waals surface area contributed by atoms with Crippen molar-refractivity contribution in [1.29, 1.82) is 0 Å². The molecule has 5 heteroatoms. The molecule has 0 aromatic carbocycles. The lowest BCUT2D eigenvalue weighted by Gasteiger charge is -2.13. The summed E-state index contributed by atoms with van der Waals surface area (Å²) >= 11 is 0. The van der Waals surface area contributed by atoms with Crippen molar-refractivity contribution >= 4 is 6.09 Å². The lowest BCUT2D eigenvalue weighted by Crippen LogP contribution is -2.33. The number of carboxylic acid groups (broad SMARTS) is 1. The van der Waals surface area contributed by atoms with Crippen LogP contribution in [0.3, 0.4) is 0 Å². The number of amides is 1. The molecule has 0 saturated heterocycles. The topological polar surface area (TPSA) is 72.8 Å². The van der Waals surface area contributed by atoms with Crippen LogP contribution in [-0.2, 0) is 0 Å². The van der Waals surface area contributed by atoms with E-state index < -0.39 is 6.09 Å². The van der Waals surface area contributed by atoms with Crippen LogP contribution < -0.4 is 5.32 Å². The number of hydrogen-bond acceptors (Lipinski definition) is 3. The van der Waals surface area contributed by atoms with Gasteiger partial charge in [0, 0.05) is 19.6 Å². The van der Waals surface area contributed by atoms with Gasteiger partial charge >= 0.3 is 6.09 Å². The molecule has 0 rings (SSSR count). The molecule has 0 saturated carbocycles. The van der Waals surface area contributed by atoms with E-state index >= 15 is 0 Å². The minimum absolute atomic E-state index is 0.101. The molecule has 0 aliphatic rings. The summed E-state index contributed by atoms with van der Waals surface area (Å²) in [5.41, 5.74) is 0.